The highest BCUT2D eigenvalue weighted by Gasteiger charge is 2.15. The minimum Gasteiger partial charge on any atom is -0.465 e. The first-order chi connectivity index (χ1) is 8.11. The summed E-state index contributed by atoms with van der Waals surface area (Å²) >= 11 is 5.87. The molecule has 2 rings (SSSR count). The van der Waals surface area contributed by atoms with E-state index in [1.165, 1.54) is 13.3 Å². The van der Waals surface area contributed by atoms with E-state index >= 15 is 0 Å². The molecule has 0 radical (unpaired) electrons. The van der Waals surface area contributed by atoms with Gasteiger partial charge in [-0.05, 0) is 19.1 Å². The molecule has 0 aliphatic rings. The van der Waals surface area contributed by atoms with Crippen LogP contribution in [0.5, 0.6) is 0 Å². The first-order valence-electron chi connectivity index (χ1n) is 4.79. The van der Waals surface area contributed by atoms with Crippen LogP contribution in [0.2, 0.25) is 5.15 Å². The molecule has 0 aliphatic carbocycles. The van der Waals surface area contributed by atoms with Gasteiger partial charge in [-0.25, -0.2) is 14.8 Å². The first kappa shape index (κ1) is 11.6. The number of rotatable bonds is 2. The van der Waals surface area contributed by atoms with Crippen molar-refractivity contribution in [3.05, 3.63) is 34.8 Å². The lowest BCUT2D eigenvalue weighted by Gasteiger charge is -2.02. The largest absolute Gasteiger partial charge is 0.465 e. The molecule has 0 saturated carbocycles. The molecule has 0 atom stereocenters. The van der Waals surface area contributed by atoms with Gasteiger partial charge in [0.2, 0.25) is 0 Å². The van der Waals surface area contributed by atoms with E-state index in [4.69, 9.17) is 16.0 Å². The van der Waals surface area contributed by atoms with E-state index < -0.39 is 5.97 Å². The zero-order valence-corrected chi connectivity index (χ0v) is 9.99. The van der Waals surface area contributed by atoms with Crippen molar-refractivity contribution in [1.82, 2.24) is 9.97 Å². The Kier molecular flexibility index (Phi) is 3.10. The Labute approximate surface area is 102 Å². The number of hydrogen-bond acceptors (Lipinski definition) is 5. The lowest BCUT2D eigenvalue weighted by molar-refractivity contribution is 0.0600. The number of esters is 1. The number of carbonyl (C=O) groups excluding carboxylic acids is 1. The average Bonchev–Trinajstić information content (AvgIpc) is 2.75. The Balaban J connectivity index is 2.40. The maximum atomic E-state index is 11.3. The van der Waals surface area contributed by atoms with Gasteiger partial charge in [-0.15, -0.1) is 0 Å². The molecule has 2 aromatic rings. The van der Waals surface area contributed by atoms with Gasteiger partial charge in [0.05, 0.1) is 7.11 Å². The maximum Gasteiger partial charge on any atom is 0.342 e. The molecule has 88 valence electrons. The number of furan rings is 1. The number of carbonyl (C=O) groups is 1. The third-order valence-electron chi connectivity index (χ3n) is 2.11. The van der Waals surface area contributed by atoms with Gasteiger partial charge in [0.15, 0.2) is 11.6 Å². The van der Waals surface area contributed by atoms with Crippen LogP contribution in [0, 0.1) is 6.92 Å². The Morgan fingerprint density at radius 3 is 2.76 bits per heavy atom. The molecule has 17 heavy (non-hydrogen) atoms. The Bertz CT molecular complexity index is 566. The van der Waals surface area contributed by atoms with Crippen LogP contribution >= 0.6 is 11.6 Å². The molecule has 0 bridgehead atoms. The number of ether oxygens (including phenoxy) is 1. The highest BCUT2D eigenvalue weighted by molar-refractivity contribution is 6.32. The number of methoxy groups -OCH3 is 1. The third-order valence-corrected chi connectivity index (χ3v) is 2.40. The molecular weight excluding hydrogens is 244 g/mol. The smallest absolute Gasteiger partial charge is 0.342 e. The normalized spacial score (nSPS) is 10.3. The molecule has 2 heterocycles. The lowest BCUT2D eigenvalue weighted by Crippen LogP contribution is -2.05. The summed E-state index contributed by atoms with van der Waals surface area (Å²) < 4.78 is 9.89. The van der Waals surface area contributed by atoms with Gasteiger partial charge >= 0.3 is 5.97 Å². The molecule has 0 fully saturated rings. The molecule has 0 saturated heterocycles. The number of halogens is 1. The zero-order valence-electron chi connectivity index (χ0n) is 9.23. The second-order valence-corrected chi connectivity index (χ2v) is 3.66. The highest BCUT2D eigenvalue weighted by atomic mass is 35.5. The summed E-state index contributed by atoms with van der Waals surface area (Å²) in [5.74, 6) is 1.01. The van der Waals surface area contributed by atoms with Crippen molar-refractivity contribution < 1.29 is 13.9 Å². The van der Waals surface area contributed by atoms with Crippen LogP contribution in [-0.4, -0.2) is 23.0 Å². The quantitative estimate of drug-likeness (QED) is 0.607. The van der Waals surface area contributed by atoms with Gasteiger partial charge in [-0.3, -0.25) is 0 Å². The van der Waals surface area contributed by atoms with E-state index in [2.05, 4.69) is 14.7 Å². The van der Waals surface area contributed by atoms with Gasteiger partial charge in [0, 0.05) is 6.20 Å². The molecule has 0 spiro atoms. The highest BCUT2D eigenvalue weighted by Crippen LogP contribution is 2.21. The third kappa shape index (κ3) is 2.29. The summed E-state index contributed by atoms with van der Waals surface area (Å²) in [5.41, 5.74) is 0.126. The standard InChI is InChI=1S/C11H9ClN2O3/c1-6-3-4-8(17-6)10-13-5-7(9(12)14-10)11(15)16-2/h3-5H,1-2H3. The summed E-state index contributed by atoms with van der Waals surface area (Å²) in [6.07, 6.45) is 1.31. The number of aromatic nitrogens is 2. The summed E-state index contributed by atoms with van der Waals surface area (Å²) in [5, 5.41) is 0.0379. The second kappa shape index (κ2) is 4.55. The van der Waals surface area contributed by atoms with E-state index in [9.17, 15) is 4.79 Å². The van der Waals surface area contributed by atoms with Crippen molar-refractivity contribution >= 4 is 17.6 Å². The van der Waals surface area contributed by atoms with Crippen LogP contribution < -0.4 is 0 Å². The predicted octanol–water partition coefficient (Wildman–Crippen LogP) is 2.49. The van der Waals surface area contributed by atoms with Crippen molar-refractivity contribution in [2.75, 3.05) is 7.11 Å². The fourth-order valence-electron chi connectivity index (χ4n) is 1.28. The van der Waals surface area contributed by atoms with Crippen LogP contribution in [0.25, 0.3) is 11.6 Å². The second-order valence-electron chi connectivity index (χ2n) is 3.30. The summed E-state index contributed by atoms with van der Waals surface area (Å²) in [6, 6.07) is 3.53. The van der Waals surface area contributed by atoms with Crippen LogP contribution in [0.15, 0.2) is 22.7 Å². The van der Waals surface area contributed by atoms with Crippen molar-refractivity contribution in [3.63, 3.8) is 0 Å². The summed E-state index contributed by atoms with van der Waals surface area (Å²) in [4.78, 5) is 19.3. The Hall–Kier alpha value is -1.88. The van der Waals surface area contributed by atoms with Crippen LogP contribution in [-0.2, 0) is 4.74 Å². The molecule has 5 nitrogen and oxygen atoms in total. The van der Waals surface area contributed by atoms with Crippen molar-refractivity contribution in [2.45, 2.75) is 6.92 Å². The number of hydrogen-bond donors (Lipinski definition) is 0. The molecule has 0 unspecified atom stereocenters. The number of aryl methyl sites for hydroxylation is 1. The molecular formula is C11H9ClN2O3. The molecule has 0 N–H and O–H groups in total. The van der Waals surface area contributed by atoms with Crippen molar-refractivity contribution in [1.29, 1.82) is 0 Å². The van der Waals surface area contributed by atoms with E-state index in [1.54, 1.807) is 12.1 Å². The monoisotopic (exact) mass is 252 g/mol. The molecule has 0 aliphatic heterocycles. The van der Waals surface area contributed by atoms with E-state index in [1.807, 2.05) is 6.92 Å². The van der Waals surface area contributed by atoms with Gasteiger partial charge in [-0.1, -0.05) is 11.6 Å². The molecule has 6 heteroatoms. The van der Waals surface area contributed by atoms with Crippen LogP contribution in [0.4, 0.5) is 0 Å². The fourth-order valence-corrected chi connectivity index (χ4v) is 1.49. The number of nitrogens with zero attached hydrogens (tertiary/aromatic N) is 2. The minimum absolute atomic E-state index is 0.0379. The fraction of sp³-hybridized carbons (Fsp3) is 0.182. The Morgan fingerprint density at radius 2 is 2.24 bits per heavy atom. The van der Waals surface area contributed by atoms with Crippen molar-refractivity contribution in [3.8, 4) is 11.6 Å². The SMILES string of the molecule is COC(=O)c1cnc(-c2ccc(C)o2)nc1Cl. The molecule has 0 amide bonds. The maximum absolute atomic E-state index is 11.3. The van der Waals surface area contributed by atoms with Crippen LogP contribution in [0.1, 0.15) is 16.1 Å². The van der Waals surface area contributed by atoms with Gasteiger partial charge < -0.3 is 9.15 Å². The van der Waals surface area contributed by atoms with E-state index in [0.717, 1.165) is 5.76 Å². The van der Waals surface area contributed by atoms with Gasteiger partial charge in [0.1, 0.15) is 16.5 Å². The Morgan fingerprint density at radius 1 is 1.47 bits per heavy atom. The van der Waals surface area contributed by atoms with E-state index in [-0.39, 0.29) is 10.7 Å². The molecule has 0 aromatic carbocycles. The summed E-state index contributed by atoms with van der Waals surface area (Å²) in [6.45, 7) is 1.81. The average molecular weight is 253 g/mol. The minimum atomic E-state index is -0.572. The predicted molar refractivity (Wildman–Crippen MR) is 60.8 cm³/mol. The first-order valence-corrected chi connectivity index (χ1v) is 5.17. The lowest BCUT2D eigenvalue weighted by atomic mass is 10.3. The van der Waals surface area contributed by atoms with Gasteiger partial charge in [0.25, 0.3) is 0 Å². The van der Waals surface area contributed by atoms with Crippen LogP contribution in [0.3, 0.4) is 0 Å². The summed E-state index contributed by atoms with van der Waals surface area (Å²) in [7, 11) is 1.27. The van der Waals surface area contributed by atoms with Crippen molar-refractivity contribution in [2.24, 2.45) is 0 Å². The molecule has 2 aromatic heterocycles. The van der Waals surface area contributed by atoms with E-state index in [0.29, 0.717) is 11.6 Å². The zero-order chi connectivity index (χ0) is 12.4. The van der Waals surface area contributed by atoms with Gasteiger partial charge in [-0.2, -0.15) is 0 Å². The topological polar surface area (TPSA) is 65.2 Å².